The fourth-order valence-corrected chi connectivity index (χ4v) is 0.944. The van der Waals surface area contributed by atoms with Crippen LogP contribution in [-0.4, -0.2) is 12.1 Å². The maximum atomic E-state index is 12.4. The summed E-state index contributed by atoms with van der Waals surface area (Å²) in [7, 11) is 0. The zero-order valence-electron chi connectivity index (χ0n) is 10.1. The van der Waals surface area contributed by atoms with E-state index in [0.29, 0.717) is 0 Å². The Morgan fingerprint density at radius 3 is 1.90 bits per heavy atom. The molecule has 0 atom stereocenters. The van der Waals surface area contributed by atoms with Gasteiger partial charge >= 0.3 is 6.18 Å². The van der Waals surface area contributed by atoms with Crippen LogP contribution in [0.1, 0.15) is 12.5 Å². The van der Waals surface area contributed by atoms with Crippen molar-refractivity contribution in [2.45, 2.75) is 13.1 Å². The van der Waals surface area contributed by atoms with Crippen molar-refractivity contribution in [3.05, 3.63) is 47.7 Å². The first kappa shape index (κ1) is 20.5. The topological polar surface area (TPSA) is 40.7 Å². The summed E-state index contributed by atoms with van der Waals surface area (Å²) in [5.74, 6) is -9.12. The van der Waals surface area contributed by atoms with Gasteiger partial charge in [0.1, 0.15) is 11.4 Å². The van der Waals surface area contributed by atoms with Gasteiger partial charge in [0.2, 0.25) is 0 Å². The summed E-state index contributed by atoms with van der Waals surface area (Å²) in [6.45, 7) is 5.97. The fraction of sp³-hybridized carbons (Fsp3) is 0.273. The van der Waals surface area contributed by atoms with Gasteiger partial charge in [-0.15, -0.1) is 0 Å². The Kier molecular flexibility index (Phi) is 8.64. The molecular formula is C11H11F7O2. The van der Waals surface area contributed by atoms with E-state index in [1.54, 1.807) is 0 Å². The fourth-order valence-electron chi connectivity index (χ4n) is 0.944. The third kappa shape index (κ3) is 5.47. The molecule has 9 heteroatoms. The highest BCUT2D eigenvalue weighted by Crippen LogP contribution is 2.34. The van der Waals surface area contributed by atoms with Crippen molar-refractivity contribution >= 4 is 0 Å². The maximum Gasteiger partial charge on any atom is 0.422 e. The van der Waals surface area contributed by atoms with Crippen LogP contribution in [0.4, 0.5) is 30.7 Å². The van der Waals surface area contributed by atoms with Gasteiger partial charge in [0.15, 0.2) is 17.5 Å². The van der Waals surface area contributed by atoms with Crippen LogP contribution in [0.3, 0.4) is 0 Å². The van der Waals surface area contributed by atoms with E-state index >= 15 is 0 Å². The normalized spacial score (nSPS) is 10.0. The van der Waals surface area contributed by atoms with Crippen molar-refractivity contribution in [3.8, 4) is 0 Å². The number of benzene rings is 1. The van der Waals surface area contributed by atoms with E-state index in [9.17, 15) is 30.7 Å². The third-order valence-corrected chi connectivity index (χ3v) is 1.68. The van der Waals surface area contributed by atoms with Gasteiger partial charge in [-0.1, -0.05) is 6.58 Å². The molecule has 20 heavy (non-hydrogen) atoms. The van der Waals surface area contributed by atoms with Gasteiger partial charge in [0.05, 0.1) is 12.9 Å². The molecule has 116 valence electrons. The van der Waals surface area contributed by atoms with Crippen LogP contribution in [0, 0.1) is 23.3 Å². The zero-order valence-corrected chi connectivity index (χ0v) is 10.1. The largest absolute Gasteiger partial charge is 0.502 e. The summed E-state index contributed by atoms with van der Waals surface area (Å²) in [5.41, 5.74) is -2.43. The number of hydrogen-bond donors (Lipinski definition) is 0. The second-order valence-corrected chi connectivity index (χ2v) is 2.96. The monoisotopic (exact) mass is 308 g/mol. The highest BCUT2D eigenvalue weighted by Gasteiger charge is 2.40. The lowest BCUT2D eigenvalue weighted by Gasteiger charge is -2.09. The van der Waals surface area contributed by atoms with Crippen LogP contribution in [0.15, 0.2) is 18.9 Å². The van der Waals surface area contributed by atoms with Crippen LogP contribution in [-0.2, 0) is 10.9 Å². The second kappa shape index (κ2) is 8.41. The molecule has 1 aromatic carbocycles. The smallest absolute Gasteiger partial charge is 0.422 e. The second-order valence-electron chi connectivity index (χ2n) is 2.96. The van der Waals surface area contributed by atoms with Crippen molar-refractivity contribution < 1.29 is 40.9 Å². The van der Waals surface area contributed by atoms with Crippen LogP contribution in [0.2, 0.25) is 0 Å². The molecule has 2 nitrogen and oxygen atoms in total. The quantitative estimate of drug-likeness (QED) is 0.356. The number of ether oxygens (including phenoxy) is 1. The van der Waals surface area contributed by atoms with Gasteiger partial charge in [0, 0.05) is 6.07 Å². The Hall–Kier alpha value is -1.77. The predicted molar refractivity (Wildman–Crippen MR) is 56.7 cm³/mol. The average molecular weight is 308 g/mol. The molecule has 0 aliphatic carbocycles. The van der Waals surface area contributed by atoms with Crippen molar-refractivity contribution in [3.63, 3.8) is 0 Å². The van der Waals surface area contributed by atoms with Crippen molar-refractivity contribution in [1.29, 1.82) is 0 Å². The molecule has 0 aromatic heterocycles. The van der Waals surface area contributed by atoms with E-state index < -0.39 is 35.0 Å². The first-order valence-corrected chi connectivity index (χ1v) is 4.79. The molecule has 2 N–H and O–H groups in total. The van der Waals surface area contributed by atoms with E-state index in [-0.39, 0.29) is 11.5 Å². The van der Waals surface area contributed by atoms with Crippen molar-refractivity contribution in [1.82, 2.24) is 0 Å². The molecule has 1 rings (SSSR count). The van der Waals surface area contributed by atoms with E-state index in [1.807, 2.05) is 6.92 Å². The molecule has 0 unspecified atom stereocenters. The molecule has 0 bridgehead atoms. The van der Waals surface area contributed by atoms with E-state index in [0.717, 1.165) is 6.61 Å². The molecule has 0 fully saturated rings. The van der Waals surface area contributed by atoms with Crippen molar-refractivity contribution in [2.24, 2.45) is 0 Å². The number of halogens is 7. The van der Waals surface area contributed by atoms with Crippen LogP contribution in [0.25, 0.3) is 0 Å². The molecule has 0 heterocycles. The number of rotatable bonds is 2. The zero-order chi connectivity index (χ0) is 15.2. The molecule has 0 radical (unpaired) electrons. The average Bonchev–Trinajstić information content (AvgIpc) is 2.26. The molecule has 0 saturated heterocycles. The van der Waals surface area contributed by atoms with Gasteiger partial charge in [-0.3, -0.25) is 0 Å². The summed E-state index contributed by atoms with van der Waals surface area (Å²) < 4.78 is 89.5. The van der Waals surface area contributed by atoms with Gasteiger partial charge in [0.25, 0.3) is 0 Å². The lowest BCUT2D eigenvalue weighted by Crippen LogP contribution is -2.13. The van der Waals surface area contributed by atoms with Gasteiger partial charge in [-0.25, -0.2) is 17.6 Å². The molecule has 0 aliphatic rings. The molecule has 0 spiro atoms. The van der Waals surface area contributed by atoms with E-state index in [2.05, 4.69) is 11.3 Å². The minimum atomic E-state index is -5.40. The molecule has 0 amide bonds. The predicted octanol–water partition coefficient (Wildman–Crippen LogP) is 3.60. The molecule has 1 aromatic rings. The third-order valence-electron chi connectivity index (χ3n) is 1.68. The Morgan fingerprint density at radius 2 is 1.60 bits per heavy atom. The van der Waals surface area contributed by atoms with E-state index in [4.69, 9.17) is 0 Å². The summed E-state index contributed by atoms with van der Waals surface area (Å²) in [5, 5.41) is 0. The Bertz CT molecular complexity index is 443. The van der Waals surface area contributed by atoms with Crippen LogP contribution >= 0.6 is 0 Å². The molecule has 0 aliphatic heterocycles. The Morgan fingerprint density at radius 1 is 1.10 bits per heavy atom. The van der Waals surface area contributed by atoms with Crippen molar-refractivity contribution in [2.75, 3.05) is 6.61 Å². The van der Waals surface area contributed by atoms with Gasteiger partial charge in [-0.2, -0.15) is 13.2 Å². The minimum absolute atomic E-state index is 0. The summed E-state index contributed by atoms with van der Waals surface area (Å²) >= 11 is 0. The summed E-state index contributed by atoms with van der Waals surface area (Å²) in [6, 6.07) is -0.360. The Labute approximate surface area is 109 Å². The van der Waals surface area contributed by atoms with Gasteiger partial charge in [-0.05, 0) is 6.92 Å². The van der Waals surface area contributed by atoms with Crippen LogP contribution in [0.5, 0.6) is 0 Å². The highest BCUT2D eigenvalue weighted by atomic mass is 19.4. The minimum Gasteiger partial charge on any atom is -0.502 e. The first-order chi connectivity index (χ1) is 8.66. The molecule has 0 saturated carbocycles. The number of alkyl halides is 3. The highest BCUT2D eigenvalue weighted by molar-refractivity contribution is 5.24. The SMILES string of the molecule is C=COCC.Fc1cc(F)c(C(F)(F)F)c(F)c1F.O. The van der Waals surface area contributed by atoms with Gasteiger partial charge < -0.3 is 10.2 Å². The van der Waals surface area contributed by atoms with Crippen LogP contribution < -0.4 is 0 Å². The standard InChI is InChI=1S/C7HF7.C4H8O.H2O/c8-2-1-3(9)5(10)6(11)4(2)7(12,13)14;1-3-5-4-2;/h1H;3H,1,4H2,2H3;1H2. The maximum absolute atomic E-state index is 12.4. The first-order valence-electron chi connectivity index (χ1n) is 4.79. The van der Waals surface area contributed by atoms with E-state index in [1.165, 1.54) is 6.26 Å². The number of hydrogen-bond acceptors (Lipinski definition) is 1. The summed E-state index contributed by atoms with van der Waals surface area (Å²) in [4.78, 5) is 0. The lowest BCUT2D eigenvalue weighted by molar-refractivity contribution is -0.142. The Balaban J connectivity index is 0. The molecular weight excluding hydrogens is 297 g/mol. The summed E-state index contributed by atoms with van der Waals surface area (Å²) in [6.07, 6.45) is -3.97. The lowest BCUT2D eigenvalue weighted by atomic mass is 10.2.